The lowest BCUT2D eigenvalue weighted by atomic mass is 9.96. The molecule has 0 fully saturated rings. The van der Waals surface area contributed by atoms with Crippen LogP contribution in [-0.2, 0) is 4.79 Å². The van der Waals surface area contributed by atoms with Crippen molar-refractivity contribution in [2.75, 3.05) is 13.7 Å². The SMILES string of the molecule is CNC(=O)CC(CO)c1ccccc1. The summed E-state index contributed by atoms with van der Waals surface area (Å²) in [5.74, 6) is -0.149. The molecule has 0 bridgehead atoms. The fourth-order valence-electron chi connectivity index (χ4n) is 1.34. The number of aliphatic hydroxyl groups excluding tert-OH is 1. The molecule has 0 saturated carbocycles. The zero-order valence-corrected chi connectivity index (χ0v) is 8.23. The first kappa shape index (κ1) is 10.7. The van der Waals surface area contributed by atoms with Gasteiger partial charge in [-0.3, -0.25) is 4.79 Å². The largest absolute Gasteiger partial charge is 0.396 e. The lowest BCUT2D eigenvalue weighted by molar-refractivity contribution is -0.121. The summed E-state index contributed by atoms with van der Waals surface area (Å²) in [4.78, 5) is 11.1. The number of hydrogen-bond donors (Lipinski definition) is 2. The molecule has 0 saturated heterocycles. The third-order valence-electron chi connectivity index (χ3n) is 2.20. The smallest absolute Gasteiger partial charge is 0.220 e. The quantitative estimate of drug-likeness (QED) is 0.746. The summed E-state index contributed by atoms with van der Waals surface area (Å²) in [5.41, 5.74) is 0.999. The maximum Gasteiger partial charge on any atom is 0.220 e. The number of amides is 1. The summed E-state index contributed by atoms with van der Waals surface area (Å²) < 4.78 is 0. The van der Waals surface area contributed by atoms with E-state index in [-0.39, 0.29) is 18.4 Å². The molecule has 0 aliphatic rings. The highest BCUT2D eigenvalue weighted by Crippen LogP contribution is 2.18. The molecule has 0 heterocycles. The first-order valence-electron chi connectivity index (χ1n) is 4.64. The van der Waals surface area contributed by atoms with E-state index in [9.17, 15) is 4.79 Å². The Morgan fingerprint density at radius 2 is 2.07 bits per heavy atom. The van der Waals surface area contributed by atoms with Crippen molar-refractivity contribution in [1.29, 1.82) is 0 Å². The number of rotatable bonds is 4. The summed E-state index contributed by atoms with van der Waals surface area (Å²) in [6.07, 6.45) is 0.330. The van der Waals surface area contributed by atoms with E-state index in [0.717, 1.165) is 5.56 Å². The highest BCUT2D eigenvalue weighted by molar-refractivity contribution is 5.76. The van der Waals surface area contributed by atoms with Crippen LogP contribution in [0.15, 0.2) is 30.3 Å². The van der Waals surface area contributed by atoms with Crippen LogP contribution in [0, 0.1) is 0 Å². The average molecular weight is 193 g/mol. The van der Waals surface area contributed by atoms with Gasteiger partial charge in [0.2, 0.25) is 5.91 Å². The van der Waals surface area contributed by atoms with Crippen molar-refractivity contribution in [3.63, 3.8) is 0 Å². The Bertz CT molecular complexity index is 285. The van der Waals surface area contributed by atoms with Gasteiger partial charge in [-0.15, -0.1) is 0 Å². The molecule has 0 radical (unpaired) electrons. The number of carbonyl (C=O) groups excluding carboxylic acids is 1. The van der Waals surface area contributed by atoms with Crippen molar-refractivity contribution < 1.29 is 9.90 Å². The molecule has 1 rings (SSSR count). The van der Waals surface area contributed by atoms with E-state index < -0.39 is 0 Å². The summed E-state index contributed by atoms with van der Waals surface area (Å²) >= 11 is 0. The Kier molecular flexibility index (Phi) is 4.13. The first-order valence-corrected chi connectivity index (χ1v) is 4.64. The molecule has 2 N–H and O–H groups in total. The third-order valence-corrected chi connectivity index (χ3v) is 2.20. The average Bonchev–Trinajstić information content (AvgIpc) is 2.26. The van der Waals surface area contributed by atoms with Crippen LogP contribution in [0.2, 0.25) is 0 Å². The predicted molar refractivity (Wildman–Crippen MR) is 55.0 cm³/mol. The molecule has 3 nitrogen and oxygen atoms in total. The van der Waals surface area contributed by atoms with Gasteiger partial charge in [-0.2, -0.15) is 0 Å². The van der Waals surface area contributed by atoms with Gasteiger partial charge in [0, 0.05) is 19.4 Å². The predicted octanol–water partition coefficient (Wildman–Crippen LogP) is 0.899. The molecule has 1 unspecified atom stereocenters. The molecule has 0 aromatic heterocycles. The Hall–Kier alpha value is -1.35. The van der Waals surface area contributed by atoms with Gasteiger partial charge in [0.25, 0.3) is 0 Å². The number of benzene rings is 1. The maximum absolute atomic E-state index is 11.1. The second kappa shape index (κ2) is 5.40. The minimum absolute atomic E-state index is 0.00255. The molecule has 1 aromatic rings. The van der Waals surface area contributed by atoms with Crippen LogP contribution < -0.4 is 5.32 Å². The highest BCUT2D eigenvalue weighted by atomic mass is 16.3. The van der Waals surface area contributed by atoms with E-state index in [1.807, 2.05) is 30.3 Å². The van der Waals surface area contributed by atoms with Gasteiger partial charge < -0.3 is 10.4 Å². The molecular formula is C11H15NO2. The van der Waals surface area contributed by atoms with E-state index in [4.69, 9.17) is 5.11 Å². The fourth-order valence-corrected chi connectivity index (χ4v) is 1.34. The monoisotopic (exact) mass is 193 g/mol. The Morgan fingerprint density at radius 1 is 1.43 bits per heavy atom. The zero-order chi connectivity index (χ0) is 10.4. The summed E-state index contributed by atoms with van der Waals surface area (Å²) in [7, 11) is 1.60. The molecule has 0 aliphatic carbocycles. The number of hydrogen-bond acceptors (Lipinski definition) is 2. The molecule has 1 aromatic carbocycles. The van der Waals surface area contributed by atoms with Crippen LogP contribution in [0.25, 0.3) is 0 Å². The van der Waals surface area contributed by atoms with Gasteiger partial charge in [-0.05, 0) is 5.56 Å². The van der Waals surface area contributed by atoms with E-state index in [1.54, 1.807) is 7.05 Å². The summed E-state index contributed by atoms with van der Waals surface area (Å²) in [6, 6.07) is 9.56. The number of nitrogens with one attached hydrogen (secondary N) is 1. The molecule has 3 heteroatoms. The van der Waals surface area contributed by atoms with Gasteiger partial charge in [-0.25, -0.2) is 0 Å². The van der Waals surface area contributed by atoms with Gasteiger partial charge in [0.15, 0.2) is 0 Å². The first-order chi connectivity index (χ1) is 6.77. The summed E-state index contributed by atoms with van der Waals surface area (Å²) in [6.45, 7) is -0.00255. The Labute approximate surface area is 83.8 Å². The van der Waals surface area contributed by atoms with Crippen molar-refractivity contribution in [2.24, 2.45) is 0 Å². The van der Waals surface area contributed by atoms with Crippen LogP contribution in [0.5, 0.6) is 0 Å². The van der Waals surface area contributed by atoms with Crippen LogP contribution in [-0.4, -0.2) is 24.7 Å². The zero-order valence-electron chi connectivity index (χ0n) is 8.23. The molecular weight excluding hydrogens is 178 g/mol. The van der Waals surface area contributed by atoms with Gasteiger partial charge in [0.05, 0.1) is 6.61 Å². The van der Waals surface area contributed by atoms with Gasteiger partial charge in [-0.1, -0.05) is 30.3 Å². The number of aliphatic hydroxyl groups is 1. The molecule has 1 atom stereocenters. The minimum Gasteiger partial charge on any atom is -0.396 e. The lowest BCUT2D eigenvalue weighted by Crippen LogP contribution is -2.21. The van der Waals surface area contributed by atoms with Crippen molar-refractivity contribution in [1.82, 2.24) is 5.32 Å². The molecule has 0 spiro atoms. The highest BCUT2D eigenvalue weighted by Gasteiger charge is 2.13. The van der Waals surface area contributed by atoms with Crippen molar-refractivity contribution in [3.05, 3.63) is 35.9 Å². The van der Waals surface area contributed by atoms with Gasteiger partial charge >= 0.3 is 0 Å². The van der Waals surface area contributed by atoms with Crippen molar-refractivity contribution >= 4 is 5.91 Å². The third kappa shape index (κ3) is 2.85. The standard InChI is InChI=1S/C11H15NO2/c1-12-11(14)7-10(8-13)9-5-3-2-4-6-9/h2-6,10,13H,7-8H2,1H3,(H,12,14). The van der Waals surface area contributed by atoms with Crippen LogP contribution in [0.3, 0.4) is 0 Å². The Balaban J connectivity index is 2.68. The second-order valence-electron chi connectivity index (χ2n) is 3.17. The van der Waals surface area contributed by atoms with Gasteiger partial charge in [0.1, 0.15) is 0 Å². The molecule has 0 aliphatic heterocycles. The Morgan fingerprint density at radius 3 is 2.57 bits per heavy atom. The van der Waals surface area contributed by atoms with Crippen molar-refractivity contribution in [3.8, 4) is 0 Å². The van der Waals surface area contributed by atoms with Crippen LogP contribution >= 0.6 is 0 Å². The normalized spacial score (nSPS) is 12.1. The van der Waals surface area contributed by atoms with Crippen LogP contribution in [0.4, 0.5) is 0 Å². The van der Waals surface area contributed by atoms with E-state index in [1.165, 1.54) is 0 Å². The van der Waals surface area contributed by atoms with E-state index in [2.05, 4.69) is 5.32 Å². The molecule has 14 heavy (non-hydrogen) atoms. The van der Waals surface area contributed by atoms with E-state index in [0.29, 0.717) is 6.42 Å². The van der Waals surface area contributed by atoms with E-state index >= 15 is 0 Å². The van der Waals surface area contributed by atoms with Crippen molar-refractivity contribution in [2.45, 2.75) is 12.3 Å². The second-order valence-corrected chi connectivity index (χ2v) is 3.17. The topological polar surface area (TPSA) is 49.3 Å². The number of carbonyl (C=O) groups is 1. The summed E-state index contributed by atoms with van der Waals surface area (Å²) in [5, 5.41) is 11.7. The maximum atomic E-state index is 11.1. The van der Waals surface area contributed by atoms with Crippen LogP contribution in [0.1, 0.15) is 17.9 Å². The molecule has 1 amide bonds. The lowest BCUT2D eigenvalue weighted by Gasteiger charge is -2.13. The fraction of sp³-hybridized carbons (Fsp3) is 0.364. The molecule has 76 valence electrons. The minimum atomic E-state index is -0.101.